The number of aromatic nitrogens is 2. The standard InChI is InChI=1S/C30H29N3O2/c34-30(35)29(17-26-19-31-20-33-26)32-18-21(15-24-11-5-9-22-7-1-3-13-27(22)24)16-25-12-6-10-23-8-2-4-14-28(23)25/h1-14,19-21,29,32H,15-18H2,(H,31,33)(H,34,35)/t29-/m0/s1. The molecule has 0 aliphatic carbocycles. The molecule has 3 N–H and O–H groups in total. The normalized spacial score (nSPS) is 12.4. The van der Waals surface area contributed by atoms with Crippen LogP contribution in [0.1, 0.15) is 16.8 Å². The Labute approximate surface area is 204 Å². The molecule has 5 heteroatoms. The zero-order chi connectivity index (χ0) is 24.0. The zero-order valence-corrected chi connectivity index (χ0v) is 19.5. The number of carbonyl (C=O) groups is 1. The van der Waals surface area contributed by atoms with Gasteiger partial charge in [0.1, 0.15) is 6.04 Å². The summed E-state index contributed by atoms with van der Waals surface area (Å²) in [4.78, 5) is 19.0. The third-order valence-corrected chi connectivity index (χ3v) is 6.71. The Morgan fingerprint density at radius 1 is 0.800 bits per heavy atom. The predicted molar refractivity (Wildman–Crippen MR) is 141 cm³/mol. The van der Waals surface area contributed by atoms with Gasteiger partial charge in [-0.2, -0.15) is 0 Å². The first-order valence-electron chi connectivity index (χ1n) is 12.0. The minimum absolute atomic E-state index is 0.218. The molecule has 0 amide bonds. The number of nitrogens with one attached hydrogen (secondary N) is 2. The van der Waals surface area contributed by atoms with Gasteiger partial charge in [0.15, 0.2) is 0 Å². The molecule has 1 aromatic heterocycles. The molecular formula is C30H29N3O2. The topological polar surface area (TPSA) is 78.0 Å². The highest BCUT2D eigenvalue weighted by Gasteiger charge is 2.21. The van der Waals surface area contributed by atoms with Crippen LogP contribution in [0.15, 0.2) is 97.5 Å². The maximum absolute atomic E-state index is 12.0. The molecule has 0 bridgehead atoms. The Bertz CT molecular complexity index is 1340. The van der Waals surface area contributed by atoms with Gasteiger partial charge in [0.05, 0.1) is 6.33 Å². The maximum Gasteiger partial charge on any atom is 0.321 e. The number of rotatable bonds is 10. The zero-order valence-electron chi connectivity index (χ0n) is 19.5. The second-order valence-corrected chi connectivity index (χ2v) is 9.13. The van der Waals surface area contributed by atoms with E-state index in [1.54, 1.807) is 12.5 Å². The molecule has 0 spiro atoms. The minimum Gasteiger partial charge on any atom is -0.480 e. The maximum atomic E-state index is 12.0. The number of H-pyrrole nitrogens is 1. The number of aromatic amines is 1. The van der Waals surface area contributed by atoms with Crippen molar-refractivity contribution in [1.29, 1.82) is 0 Å². The molecule has 5 aromatic rings. The number of carboxylic acids is 1. The number of fused-ring (bicyclic) bond motifs is 2. The van der Waals surface area contributed by atoms with Crippen LogP contribution in [0.2, 0.25) is 0 Å². The fourth-order valence-corrected chi connectivity index (χ4v) is 4.95. The Balaban J connectivity index is 1.42. The highest BCUT2D eigenvalue weighted by molar-refractivity contribution is 5.86. The molecule has 5 rings (SSSR count). The molecule has 0 saturated carbocycles. The Morgan fingerprint density at radius 3 is 1.91 bits per heavy atom. The number of hydrogen-bond donors (Lipinski definition) is 3. The largest absolute Gasteiger partial charge is 0.480 e. The van der Waals surface area contributed by atoms with Crippen molar-refractivity contribution in [1.82, 2.24) is 15.3 Å². The first kappa shape index (κ1) is 22.8. The molecule has 0 aliphatic rings. The van der Waals surface area contributed by atoms with Crippen LogP contribution in [0.4, 0.5) is 0 Å². The average molecular weight is 464 g/mol. The molecule has 5 nitrogen and oxygen atoms in total. The molecule has 0 saturated heterocycles. The summed E-state index contributed by atoms with van der Waals surface area (Å²) in [5, 5.41) is 18.2. The van der Waals surface area contributed by atoms with Crippen molar-refractivity contribution in [2.45, 2.75) is 25.3 Å². The minimum atomic E-state index is -0.853. The van der Waals surface area contributed by atoms with Crippen molar-refractivity contribution < 1.29 is 9.90 Å². The molecule has 35 heavy (non-hydrogen) atoms. The van der Waals surface area contributed by atoms with Crippen molar-refractivity contribution in [2.75, 3.05) is 6.54 Å². The molecular weight excluding hydrogens is 434 g/mol. The second kappa shape index (κ2) is 10.5. The SMILES string of the molecule is O=C(O)[C@H](Cc1cnc[nH]1)NCC(Cc1cccc2ccccc12)Cc1cccc2ccccc12. The molecule has 0 fully saturated rings. The fraction of sp³-hybridized carbons (Fsp3) is 0.200. The van der Waals surface area contributed by atoms with Crippen molar-refractivity contribution in [3.05, 3.63) is 114 Å². The van der Waals surface area contributed by atoms with E-state index < -0.39 is 12.0 Å². The number of carboxylic acid groups (broad SMARTS) is 1. The van der Waals surface area contributed by atoms with Gasteiger partial charge in [0, 0.05) is 18.3 Å². The van der Waals surface area contributed by atoms with E-state index in [9.17, 15) is 9.90 Å². The lowest BCUT2D eigenvalue weighted by atomic mass is 9.88. The quantitative estimate of drug-likeness (QED) is 0.259. The van der Waals surface area contributed by atoms with Crippen LogP contribution >= 0.6 is 0 Å². The van der Waals surface area contributed by atoms with Gasteiger partial charge in [0.25, 0.3) is 0 Å². The van der Waals surface area contributed by atoms with E-state index >= 15 is 0 Å². The summed E-state index contributed by atoms with van der Waals surface area (Å²) in [5.74, 6) is -0.635. The monoisotopic (exact) mass is 463 g/mol. The summed E-state index contributed by atoms with van der Waals surface area (Å²) in [7, 11) is 0. The van der Waals surface area contributed by atoms with Gasteiger partial charge in [0.2, 0.25) is 0 Å². The third-order valence-electron chi connectivity index (χ3n) is 6.71. The molecule has 1 heterocycles. The van der Waals surface area contributed by atoms with E-state index in [4.69, 9.17) is 0 Å². The fourth-order valence-electron chi connectivity index (χ4n) is 4.95. The van der Waals surface area contributed by atoms with Crippen LogP contribution in [-0.4, -0.2) is 33.6 Å². The van der Waals surface area contributed by atoms with Crippen molar-refractivity contribution >= 4 is 27.5 Å². The summed E-state index contributed by atoms with van der Waals surface area (Å²) < 4.78 is 0. The molecule has 1 atom stereocenters. The van der Waals surface area contributed by atoms with E-state index in [0.717, 1.165) is 18.5 Å². The summed E-state index contributed by atoms with van der Waals surface area (Å²) in [6.45, 7) is 0.595. The van der Waals surface area contributed by atoms with Gasteiger partial charge in [-0.25, -0.2) is 4.98 Å². The predicted octanol–water partition coefficient (Wildman–Crippen LogP) is 5.40. The van der Waals surface area contributed by atoms with E-state index in [0.29, 0.717) is 13.0 Å². The summed E-state index contributed by atoms with van der Waals surface area (Å²) in [6.07, 6.45) is 5.34. The van der Waals surface area contributed by atoms with Gasteiger partial charge in [-0.1, -0.05) is 84.9 Å². The Kier molecular flexibility index (Phi) is 6.87. The number of nitrogens with zero attached hydrogens (tertiary/aromatic N) is 1. The molecule has 0 unspecified atom stereocenters. The van der Waals surface area contributed by atoms with E-state index in [2.05, 4.69) is 100 Å². The van der Waals surface area contributed by atoms with Crippen LogP contribution in [0, 0.1) is 5.92 Å². The number of hydrogen-bond acceptors (Lipinski definition) is 3. The van der Waals surface area contributed by atoms with E-state index in [1.807, 2.05) is 0 Å². The van der Waals surface area contributed by atoms with Crippen LogP contribution in [-0.2, 0) is 24.1 Å². The summed E-state index contributed by atoms with van der Waals surface area (Å²) >= 11 is 0. The molecule has 0 radical (unpaired) electrons. The van der Waals surface area contributed by atoms with E-state index in [-0.39, 0.29) is 5.92 Å². The number of benzene rings is 4. The summed E-state index contributed by atoms with van der Waals surface area (Å²) in [6, 6.07) is 29.1. The lowest BCUT2D eigenvalue weighted by Crippen LogP contribution is -2.42. The van der Waals surface area contributed by atoms with Gasteiger partial charge in [-0.15, -0.1) is 0 Å². The molecule has 4 aromatic carbocycles. The van der Waals surface area contributed by atoms with Crippen LogP contribution < -0.4 is 5.32 Å². The lowest BCUT2D eigenvalue weighted by Gasteiger charge is -2.22. The Hall–Kier alpha value is -3.96. The van der Waals surface area contributed by atoms with Gasteiger partial charge in [-0.3, -0.25) is 4.79 Å². The smallest absolute Gasteiger partial charge is 0.321 e. The molecule has 176 valence electrons. The average Bonchev–Trinajstić information content (AvgIpc) is 3.40. The van der Waals surface area contributed by atoms with Gasteiger partial charge in [-0.05, 0) is 58.0 Å². The van der Waals surface area contributed by atoms with Crippen LogP contribution in [0.3, 0.4) is 0 Å². The lowest BCUT2D eigenvalue weighted by molar-refractivity contribution is -0.139. The Morgan fingerprint density at radius 2 is 1.37 bits per heavy atom. The van der Waals surface area contributed by atoms with E-state index in [1.165, 1.54) is 32.7 Å². The highest BCUT2D eigenvalue weighted by Crippen LogP contribution is 2.26. The van der Waals surface area contributed by atoms with Crippen molar-refractivity contribution in [2.24, 2.45) is 5.92 Å². The first-order valence-corrected chi connectivity index (χ1v) is 12.0. The van der Waals surface area contributed by atoms with Crippen LogP contribution in [0.25, 0.3) is 21.5 Å². The highest BCUT2D eigenvalue weighted by atomic mass is 16.4. The summed E-state index contributed by atoms with van der Waals surface area (Å²) in [5.41, 5.74) is 3.38. The van der Waals surface area contributed by atoms with Crippen molar-refractivity contribution in [3.63, 3.8) is 0 Å². The van der Waals surface area contributed by atoms with Crippen LogP contribution in [0.5, 0.6) is 0 Å². The number of imidazole rings is 1. The third kappa shape index (κ3) is 5.42. The van der Waals surface area contributed by atoms with Gasteiger partial charge >= 0.3 is 5.97 Å². The second-order valence-electron chi connectivity index (χ2n) is 9.13. The van der Waals surface area contributed by atoms with Crippen molar-refractivity contribution in [3.8, 4) is 0 Å². The van der Waals surface area contributed by atoms with Gasteiger partial charge < -0.3 is 15.4 Å². The number of aliphatic carboxylic acids is 1. The first-order chi connectivity index (χ1) is 17.2. The molecule has 0 aliphatic heterocycles.